The van der Waals surface area contributed by atoms with Crippen LogP contribution in [0.4, 0.5) is 20.2 Å². The summed E-state index contributed by atoms with van der Waals surface area (Å²) in [6.45, 7) is 8.19. The summed E-state index contributed by atoms with van der Waals surface area (Å²) >= 11 is 3.06. The van der Waals surface area contributed by atoms with E-state index in [1.807, 2.05) is 19.9 Å². The van der Waals surface area contributed by atoms with Gasteiger partial charge in [-0.2, -0.15) is 10.5 Å². The van der Waals surface area contributed by atoms with Crippen LogP contribution in [0, 0.1) is 46.1 Å². The quantitative estimate of drug-likeness (QED) is 0.567. The molecule has 4 nitrogen and oxygen atoms in total. The van der Waals surface area contributed by atoms with Gasteiger partial charge in [-0.05, 0) is 69.9 Å². The minimum absolute atomic E-state index is 0.0340. The maximum absolute atomic E-state index is 13.4. The molecule has 2 aromatic carbocycles. The highest BCUT2D eigenvalue weighted by Crippen LogP contribution is 2.30. The van der Waals surface area contributed by atoms with Crippen molar-refractivity contribution in [1.82, 2.24) is 0 Å². The second-order valence-corrected chi connectivity index (χ2v) is 8.37. The second kappa shape index (κ2) is 10.8. The van der Waals surface area contributed by atoms with E-state index in [0.29, 0.717) is 23.2 Å². The van der Waals surface area contributed by atoms with Gasteiger partial charge in [0.15, 0.2) is 5.82 Å². The lowest BCUT2D eigenvalue weighted by atomic mass is 9.99. The van der Waals surface area contributed by atoms with E-state index in [9.17, 15) is 8.78 Å². The van der Waals surface area contributed by atoms with Crippen molar-refractivity contribution in [3.63, 3.8) is 0 Å². The smallest absolute Gasteiger partial charge is 0.157 e. The van der Waals surface area contributed by atoms with Gasteiger partial charge in [0, 0.05) is 5.69 Å². The van der Waals surface area contributed by atoms with Crippen molar-refractivity contribution in [3.05, 3.63) is 56.6 Å². The zero-order valence-electron chi connectivity index (χ0n) is 17.0. The zero-order chi connectivity index (χ0) is 22.3. The minimum atomic E-state index is -0.581. The van der Waals surface area contributed by atoms with Gasteiger partial charge in [-0.15, -0.1) is 0 Å². The van der Waals surface area contributed by atoms with Crippen LogP contribution in [0.25, 0.3) is 0 Å². The van der Waals surface area contributed by atoms with Crippen molar-refractivity contribution < 1.29 is 8.78 Å². The molecule has 154 valence electrons. The SMILES string of the molecule is CC(C)Cc1cc(C#N)c(F)c(Br)c1N.CC(C)Cc1cc(C#N)c(F)cc1N. The van der Waals surface area contributed by atoms with Crippen LogP contribution >= 0.6 is 15.9 Å². The number of benzene rings is 2. The molecule has 0 atom stereocenters. The molecular formula is C22H25BrF2N4. The zero-order valence-corrected chi connectivity index (χ0v) is 18.6. The first-order valence-electron chi connectivity index (χ1n) is 9.16. The van der Waals surface area contributed by atoms with Gasteiger partial charge in [-0.3, -0.25) is 0 Å². The number of rotatable bonds is 4. The van der Waals surface area contributed by atoms with Crippen molar-refractivity contribution in [2.75, 3.05) is 11.5 Å². The van der Waals surface area contributed by atoms with Gasteiger partial charge in [0.1, 0.15) is 18.0 Å². The van der Waals surface area contributed by atoms with E-state index in [-0.39, 0.29) is 15.6 Å². The van der Waals surface area contributed by atoms with E-state index in [2.05, 4.69) is 29.8 Å². The van der Waals surface area contributed by atoms with Crippen LogP contribution in [-0.4, -0.2) is 0 Å². The van der Waals surface area contributed by atoms with Crippen LogP contribution in [0.15, 0.2) is 22.7 Å². The maximum Gasteiger partial charge on any atom is 0.157 e. The highest BCUT2D eigenvalue weighted by atomic mass is 79.9. The fourth-order valence-electron chi connectivity index (χ4n) is 2.72. The predicted molar refractivity (Wildman–Crippen MR) is 116 cm³/mol. The highest BCUT2D eigenvalue weighted by molar-refractivity contribution is 9.10. The van der Waals surface area contributed by atoms with Crippen molar-refractivity contribution >= 4 is 27.3 Å². The Labute approximate surface area is 179 Å². The largest absolute Gasteiger partial charge is 0.398 e. The lowest BCUT2D eigenvalue weighted by molar-refractivity contribution is 0.612. The molecule has 7 heteroatoms. The molecule has 0 fully saturated rings. The molecule has 0 bridgehead atoms. The molecule has 29 heavy (non-hydrogen) atoms. The van der Waals surface area contributed by atoms with Crippen LogP contribution in [0.5, 0.6) is 0 Å². The molecule has 0 heterocycles. The third kappa shape index (κ3) is 6.73. The average Bonchev–Trinajstić information content (AvgIpc) is 2.64. The summed E-state index contributed by atoms with van der Waals surface area (Å²) in [6.07, 6.45) is 1.50. The summed E-state index contributed by atoms with van der Waals surface area (Å²) in [5, 5.41) is 17.4. The van der Waals surface area contributed by atoms with Crippen LogP contribution in [-0.2, 0) is 12.8 Å². The van der Waals surface area contributed by atoms with Gasteiger partial charge in [0.05, 0.1) is 21.3 Å². The first kappa shape index (κ1) is 24.4. The summed E-state index contributed by atoms with van der Waals surface area (Å²) < 4.78 is 26.7. The number of halogens is 3. The van der Waals surface area contributed by atoms with E-state index in [1.165, 1.54) is 18.2 Å². The van der Waals surface area contributed by atoms with Gasteiger partial charge in [-0.1, -0.05) is 27.7 Å². The van der Waals surface area contributed by atoms with Gasteiger partial charge < -0.3 is 11.5 Å². The summed E-state index contributed by atoms with van der Waals surface area (Å²) in [6, 6.07) is 7.90. The lowest BCUT2D eigenvalue weighted by Crippen LogP contribution is -2.03. The van der Waals surface area contributed by atoms with Crippen molar-refractivity contribution in [1.29, 1.82) is 10.5 Å². The number of anilines is 2. The van der Waals surface area contributed by atoms with Gasteiger partial charge in [0.2, 0.25) is 0 Å². The Morgan fingerprint density at radius 2 is 1.38 bits per heavy atom. The third-order valence-electron chi connectivity index (χ3n) is 4.06. The molecule has 0 spiro atoms. The van der Waals surface area contributed by atoms with Crippen molar-refractivity contribution in [2.45, 2.75) is 40.5 Å². The molecule has 4 N–H and O–H groups in total. The summed E-state index contributed by atoms with van der Waals surface area (Å²) in [4.78, 5) is 0. The first-order valence-corrected chi connectivity index (χ1v) is 9.95. The lowest BCUT2D eigenvalue weighted by Gasteiger charge is -2.11. The third-order valence-corrected chi connectivity index (χ3v) is 4.83. The Morgan fingerprint density at radius 1 is 0.897 bits per heavy atom. The van der Waals surface area contributed by atoms with Gasteiger partial charge >= 0.3 is 0 Å². The Bertz CT molecular complexity index is 957. The Balaban J connectivity index is 0.000000291. The number of hydrogen-bond donors (Lipinski definition) is 2. The molecule has 2 aromatic rings. The molecule has 0 amide bonds. The Morgan fingerprint density at radius 3 is 1.86 bits per heavy atom. The molecule has 0 saturated carbocycles. The fourth-order valence-corrected chi connectivity index (χ4v) is 3.19. The standard InChI is InChI=1S/C11H12BrFN2.C11H13FN2/c1-6(2)3-7-4-8(5-14)10(13)9(12)11(7)15;1-7(2)3-8-4-9(6-13)10(12)5-11(8)14/h4,6H,3,15H2,1-2H3;4-5,7H,3,14H2,1-2H3. The number of hydrogen-bond acceptors (Lipinski definition) is 4. The fraction of sp³-hybridized carbons (Fsp3) is 0.364. The highest BCUT2D eigenvalue weighted by Gasteiger charge is 2.14. The number of nitrogens with two attached hydrogens (primary N) is 2. The molecule has 0 aliphatic rings. The maximum atomic E-state index is 13.4. The Kier molecular flexibility index (Phi) is 9.07. The van der Waals surface area contributed by atoms with E-state index in [1.54, 1.807) is 6.07 Å². The summed E-state index contributed by atoms with van der Waals surface area (Å²) in [5.74, 6) is -0.273. The van der Waals surface area contributed by atoms with Crippen LogP contribution in [0.2, 0.25) is 0 Å². The molecule has 0 unspecified atom stereocenters. The molecule has 0 aliphatic heterocycles. The molecule has 0 saturated heterocycles. The van der Waals surface area contributed by atoms with Gasteiger partial charge in [0.25, 0.3) is 0 Å². The Hall–Kier alpha value is -2.64. The molecule has 0 aromatic heterocycles. The molecular weight excluding hydrogens is 438 g/mol. The van der Waals surface area contributed by atoms with E-state index in [4.69, 9.17) is 22.0 Å². The number of nitrogen functional groups attached to an aromatic ring is 2. The van der Waals surface area contributed by atoms with Crippen molar-refractivity contribution in [2.24, 2.45) is 11.8 Å². The minimum Gasteiger partial charge on any atom is -0.398 e. The van der Waals surface area contributed by atoms with E-state index in [0.717, 1.165) is 24.0 Å². The number of nitriles is 2. The average molecular weight is 463 g/mol. The van der Waals surface area contributed by atoms with Crippen LogP contribution in [0.1, 0.15) is 49.9 Å². The predicted octanol–water partition coefficient (Wildman–Crippen LogP) is 5.72. The molecule has 0 aliphatic carbocycles. The van der Waals surface area contributed by atoms with Crippen LogP contribution in [0.3, 0.4) is 0 Å². The van der Waals surface area contributed by atoms with E-state index < -0.39 is 11.6 Å². The monoisotopic (exact) mass is 462 g/mol. The molecule has 0 radical (unpaired) electrons. The van der Waals surface area contributed by atoms with E-state index >= 15 is 0 Å². The normalized spacial score (nSPS) is 10.3. The molecule has 2 rings (SSSR count). The topological polar surface area (TPSA) is 99.6 Å². The number of nitrogens with zero attached hydrogens (tertiary/aromatic N) is 2. The van der Waals surface area contributed by atoms with Gasteiger partial charge in [-0.25, -0.2) is 8.78 Å². The van der Waals surface area contributed by atoms with Crippen LogP contribution < -0.4 is 11.5 Å². The van der Waals surface area contributed by atoms with Crippen molar-refractivity contribution in [3.8, 4) is 12.1 Å². The summed E-state index contributed by atoms with van der Waals surface area (Å²) in [5.41, 5.74) is 14.0. The summed E-state index contributed by atoms with van der Waals surface area (Å²) in [7, 11) is 0. The second-order valence-electron chi connectivity index (χ2n) is 7.58. The first-order chi connectivity index (χ1) is 13.5.